The summed E-state index contributed by atoms with van der Waals surface area (Å²) < 4.78 is 6.82. The van der Waals surface area contributed by atoms with E-state index in [4.69, 9.17) is 4.74 Å². The number of β-amino-alcohol motifs (C(OH)–C–C–N with tert-alkyl or cyclic N) is 1. The van der Waals surface area contributed by atoms with Crippen LogP contribution >= 0.6 is 22.6 Å². The number of ether oxygens (including phenoxy) is 1. The number of piperazine rings is 1. The maximum Gasteiger partial charge on any atom is 0.238 e. The molecule has 8 heteroatoms. The minimum Gasteiger partial charge on any atom is -0.491 e. The number of hydrogen-bond acceptors (Lipinski definition) is 6. The molecule has 32 heavy (non-hydrogen) atoms. The summed E-state index contributed by atoms with van der Waals surface area (Å²) in [4.78, 5) is 31.0. The van der Waals surface area contributed by atoms with Crippen LogP contribution in [0.2, 0.25) is 0 Å². The molecule has 0 radical (unpaired) electrons. The highest BCUT2D eigenvalue weighted by atomic mass is 127. The molecule has 0 saturated carbocycles. The zero-order valence-corrected chi connectivity index (χ0v) is 20.1. The van der Waals surface area contributed by atoms with Gasteiger partial charge in [0.15, 0.2) is 0 Å². The van der Waals surface area contributed by atoms with Crippen LogP contribution in [0.25, 0.3) is 0 Å². The zero-order valence-electron chi connectivity index (χ0n) is 17.9. The Kier molecular flexibility index (Phi) is 7.77. The fraction of sp³-hybridized carbons (Fsp3) is 0.417. The molecule has 2 fully saturated rings. The number of aliphatic hydroxyl groups excluding tert-OH is 1. The van der Waals surface area contributed by atoms with E-state index < -0.39 is 6.10 Å². The second-order valence-corrected chi connectivity index (χ2v) is 9.57. The molecule has 7 nitrogen and oxygen atoms in total. The second-order valence-electron chi connectivity index (χ2n) is 8.32. The monoisotopic (exact) mass is 549 g/mol. The lowest BCUT2D eigenvalue weighted by molar-refractivity contribution is -0.122. The van der Waals surface area contributed by atoms with Crippen LogP contribution in [0.1, 0.15) is 6.42 Å². The molecule has 2 aromatic carbocycles. The van der Waals surface area contributed by atoms with Crippen LogP contribution in [0.5, 0.6) is 5.75 Å². The van der Waals surface area contributed by atoms with Gasteiger partial charge in [-0.15, -0.1) is 0 Å². The van der Waals surface area contributed by atoms with Crippen LogP contribution in [-0.2, 0) is 9.59 Å². The molecule has 1 N–H and O–H groups in total. The normalized spacial score (nSPS) is 21.2. The quantitative estimate of drug-likeness (QED) is 0.403. The van der Waals surface area contributed by atoms with Crippen molar-refractivity contribution >= 4 is 40.1 Å². The highest BCUT2D eigenvalue weighted by molar-refractivity contribution is 14.1. The number of halogens is 1. The molecule has 2 amide bonds. The molecule has 170 valence electrons. The number of aliphatic hydroxyl groups is 1. The molecule has 1 unspecified atom stereocenters. The fourth-order valence-electron chi connectivity index (χ4n) is 4.23. The van der Waals surface area contributed by atoms with Gasteiger partial charge in [-0.2, -0.15) is 0 Å². The van der Waals surface area contributed by atoms with Crippen LogP contribution in [0.4, 0.5) is 5.69 Å². The Morgan fingerprint density at radius 1 is 0.969 bits per heavy atom. The van der Waals surface area contributed by atoms with Gasteiger partial charge in [0.2, 0.25) is 11.8 Å². The van der Waals surface area contributed by atoms with Gasteiger partial charge in [-0.3, -0.25) is 24.3 Å². The molecule has 0 spiro atoms. The van der Waals surface area contributed by atoms with Crippen molar-refractivity contribution in [1.82, 2.24) is 9.80 Å². The number of imide groups is 1. The first-order valence-electron chi connectivity index (χ1n) is 10.9. The molecule has 0 aliphatic carbocycles. The first-order chi connectivity index (χ1) is 15.5. The summed E-state index contributed by atoms with van der Waals surface area (Å²) in [5.41, 5.74) is 0.649. The maximum atomic E-state index is 12.8. The highest BCUT2D eigenvalue weighted by Crippen LogP contribution is 2.27. The number of para-hydroxylation sites is 1. The van der Waals surface area contributed by atoms with E-state index in [1.165, 1.54) is 4.90 Å². The minimum absolute atomic E-state index is 0.105. The van der Waals surface area contributed by atoms with Gasteiger partial charge in [0.25, 0.3) is 0 Å². The Morgan fingerprint density at radius 3 is 2.31 bits per heavy atom. The maximum absolute atomic E-state index is 12.8. The highest BCUT2D eigenvalue weighted by Gasteiger charge is 2.40. The standard InChI is InChI=1S/C24H28IN3O4/c25-19-6-8-22(9-7-19)32-17-21(29)16-27-12-10-26(11-13-27)15-18-14-23(30)28(24(18)31)20-4-2-1-3-5-20/h1-9,18,21,29H,10-17H2/t18?,21-/m1/s1. The summed E-state index contributed by atoms with van der Waals surface area (Å²) in [7, 11) is 0. The number of hydrogen-bond donors (Lipinski definition) is 1. The molecule has 2 heterocycles. The summed E-state index contributed by atoms with van der Waals surface area (Å²) in [6, 6.07) is 16.9. The smallest absolute Gasteiger partial charge is 0.238 e. The van der Waals surface area contributed by atoms with Crippen molar-refractivity contribution in [3.63, 3.8) is 0 Å². The summed E-state index contributed by atoms with van der Waals surface area (Å²) in [6.45, 7) is 4.67. The first-order valence-corrected chi connectivity index (χ1v) is 12.0. The largest absolute Gasteiger partial charge is 0.491 e. The average molecular weight is 549 g/mol. The lowest BCUT2D eigenvalue weighted by Gasteiger charge is -2.36. The predicted molar refractivity (Wildman–Crippen MR) is 131 cm³/mol. The number of benzene rings is 2. The summed E-state index contributed by atoms with van der Waals surface area (Å²) in [5, 5.41) is 10.3. The minimum atomic E-state index is -0.561. The number of nitrogens with zero attached hydrogens (tertiary/aromatic N) is 3. The van der Waals surface area contributed by atoms with E-state index in [9.17, 15) is 14.7 Å². The van der Waals surface area contributed by atoms with Crippen molar-refractivity contribution in [1.29, 1.82) is 0 Å². The third-order valence-electron chi connectivity index (χ3n) is 5.92. The molecule has 2 aliphatic heterocycles. The Morgan fingerprint density at radius 2 is 1.62 bits per heavy atom. The van der Waals surface area contributed by atoms with Crippen molar-refractivity contribution in [3.05, 3.63) is 58.2 Å². The van der Waals surface area contributed by atoms with E-state index in [-0.39, 0.29) is 30.8 Å². The van der Waals surface area contributed by atoms with E-state index in [1.807, 2.05) is 42.5 Å². The molecular weight excluding hydrogens is 521 g/mol. The molecule has 2 saturated heterocycles. The predicted octanol–water partition coefficient (Wildman–Crippen LogP) is 2.23. The van der Waals surface area contributed by atoms with Gasteiger partial charge in [-0.05, 0) is 59.0 Å². The SMILES string of the molecule is O=C1CC(CN2CCN(C[C@@H](O)COc3ccc(I)cc3)CC2)C(=O)N1c1ccccc1. The Labute approximate surface area is 202 Å². The first kappa shape index (κ1) is 23.2. The molecule has 2 aliphatic rings. The lowest BCUT2D eigenvalue weighted by atomic mass is 10.1. The van der Waals surface area contributed by atoms with Crippen LogP contribution in [0.3, 0.4) is 0 Å². The summed E-state index contributed by atoms with van der Waals surface area (Å²) >= 11 is 2.24. The van der Waals surface area contributed by atoms with E-state index >= 15 is 0 Å². The Hall–Kier alpha value is -2.01. The molecule has 4 rings (SSSR count). The molecule has 0 bridgehead atoms. The summed E-state index contributed by atoms with van der Waals surface area (Å²) in [6.07, 6.45) is -0.294. The average Bonchev–Trinajstić information content (AvgIpc) is 3.08. The van der Waals surface area contributed by atoms with Gasteiger partial charge in [0.1, 0.15) is 18.5 Å². The van der Waals surface area contributed by atoms with Gasteiger partial charge >= 0.3 is 0 Å². The van der Waals surface area contributed by atoms with Crippen LogP contribution < -0.4 is 9.64 Å². The van der Waals surface area contributed by atoms with Gasteiger partial charge in [-0.25, -0.2) is 0 Å². The fourth-order valence-corrected chi connectivity index (χ4v) is 4.59. The van der Waals surface area contributed by atoms with Crippen molar-refractivity contribution in [2.45, 2.75) is 12.5 Å². The van der Waals surface area contributed by atoms with Crippen molar-refractivity contribution < 1.29 is 19.4 Å². The molecule has 2 atom stereocenters. The zero-order chi connectivity index (χ0) is 22.5. The van der Waals surface area contributed by atoms with Crippen molar-refractivity contribution in [2.75, 3.05) is 50.8 Å². The van der Waals surface area contributed by atoms with Gasteiger partial charge < -0.3 is 9.84 Å². The number of amides is 2. The molecule has 2 aromatic rings. The third-order valence-corrected chi connectivity index (χ3v) is 6.64. The van der Waals surface area contributed by atoms with Crippen molar-refractivity contribution in [2.24, 2.45) is 5.92 Å². The van der Waals surface area contributed by atoms with Gasteiger partial charge in [0.05, 0.1) is 11.6 Å². The van der Waals surface area contributed by atoms with Crippen LogP contribution in [-0.4, -0.2) is 78.7 Å². The number of carbonyl (C=O) groups is 2. The molecule has 0 aromatic heterocycles. The number of rotatable bonds is 8. The Balaban J connectivity index is 1.20. The summed E-state index contributed by atoms with van der Waals surface area (Å²) in [5.74, 6) is 0.240. The third kappa shape index (κ3) is 5.86. The second kappa shape index (κ2) is 10.7. The van der Waals surface area contributed by atoms with E-state index in [0.29, 0.717) is 18.8 Å². The Bertz CT molecular complexity index is 917. The van der Waals surface area contributed by atoms with Crippen LogP contribution in [0.15, 0.2) is 54.6 Å². The van der Waals surface area contributed by atoms with E-state index in [2.05, 4.69) is 32.4 Å². The van der Waals surface area contributed by atoms with E-state index in [1.54, 1.807) is 12.1 Å². The van der Waals surface area contributed by atoms with E-state index in [0.717, 1.165) is 35.5 Å². The van der Waals surface area contributed by atoms with Gasteiger partial charge in [-0.1, -0.05) is 18.2 Å². The van der Waals surface area contributed by atoms with Crippen LogP contribution in [0, 0.1) is 9.49 Å². The molecular formula is C24H28IN3O4. The van der Waals surface area contributed by atoms with Gasteiger partial charge in [0, 0.05) is 49.3 Å². The van der Waals surface area contributed by atoms with Crippen molar-refractivity contribution in [3.8, 4) is 5.75 Å². The lowest BCUT2D eigenvalue weighted by Crippen LogP contribution is -2.50. The number of carbonyl (C=O) groups excluding carboxylic acids is 2. The topological polar surface area (TPSA) is 73.3 Å². The number of anilines is 1.